The molecule has 0 saturated carbocycles. The van der Waals surface area contributed by atoms with Gasteiger partial charge in [0.1, 0.15) is 11.6 Å². The minimum absolute atomic E-state index is 0.0315. The van der Waals surface area contributed by atoms with Crippen LogP contribution in [0.5, 0.6) is 0 Å². The third-order valence-electron chi connectivity index (χ3n) is 7.45. The van der Waals surface area contributed by atoms with E-state index in [1.165, 1.54) is 4.90 Å². The molecule has 238 valence electrons. The van der Waals surface area contributed by atoms with Crippen LogP contribution < -0.4 is 10.2 Å². The van der Waals surface area contributed by atoms with Gasteiger partial charge >= 0.3 is 6.09 Å². The number of anilines is 1. The van der Waals surface area contributed by atoms with Gasteiger partial charge < -0.3 is 19.4 Å². The summed E-state index contributed by atoms with van der Waals surface area (Å²) in [4.78, 5) is 30.0. The lowest BCUT2D eigenvalue weighted by Crippen LogP contribution is -2.51. The summed E-state index contributed by atoms with van der Waals surface area (Å²) in [7, 11) is -1.72. The average molecular weight is 641 g/mol. The molecule has 1 N–H and O–H groups in total. The van der Waals surface area contributed by atoms with Crippen LogP contribution in [0.15, 0.2) is 51.8 Å². The van der Waals surface area contributed by atoms with Crippen LogP contribution in [0.25, 0.3) is 11.5 Å². The van der Waals surface area contributed by atoms with Gasteiger partial charge in [0.15, 0.2) is 0 Å². The number of nitrogens with zero attached hydrogens (tertiary/aromatic N) is 5. The van der Waals surface area contributed by atoms with Gasteiger partial charge in [-0.3, -0.25) is 13.9 Å². The Labute approximate surface area is 262 Å². The van der Waals surface area contributed by atoms with Crippen molar-refractivity contribution in [2.24, 2.45) is 0 Å². The lowest BCUT2D eigenvalue weighted by Gasteiger charge is -2.35. The number of nitriles is 1. The predicted molar refractivity (Wildman–Crippen MR) is 161 cm³/mol. The molecule has 1 aromatic heterocycles. The SMILES string of the molecule is CCN1CC(c2nnc(-c3ccc4c(c3)N(Cc3ccc(C#N)cc3)C(=O)[C@@H](NC(=O)OC(C)(C)C)CS4=O)o2)CC(F)(F)C1. The van der Waals surface area contributed by atoms with Crippen molar-refractivity contribution in [2.45, 2.75) is 69.0 Å². The Morgan fingerprint density at radius 2 is 1.96 bits per heavy atom. The summed E-state index contributed by atoms with van der Waals surface area (Å²) in [6, 6.07) is 12.3. The van der Waals surface area contributed by atoms with Crippen LogP contribution >= 0.6 is 0 Å². The number of piperidine rings is 1. The molecule has 2 unspecified atom stereocenters. The first-order valence-corrected chi connectivity index (χ1v) is 15.8. The molecule has 2 aromatic carbocycles. The van der Waals surface area contributed by atoms with Gasteiger partial charge in [-0.1, -0.05) is 19.1 Å². The molecule has 0 bridgehead atoms. The van der Waals surface area contributed by atoms with Gasteiger partial charge in [-0.2, -0.15) is 5.26 Å². The Bertz CT molecular complexity index is 1650. The van der Waals surface area contributed by atoms with Crippen molar-refractivity contribution in [3.63, 3.8) is 0 Å². The number of carbonyl (C=O) groups is 2. The normalized spacial score (nSPS) is 21.8. The smallest absolute Gasteiger partial charge is 0.408 e. The van der Waals surface area contributed by atoms with Crippen LogP contribution in [0.2, 0.25) is 0 Å². The summed E-state index contributed by atoms with van der Waals surface area (Å²) >= 11 is 0. The summed E-state index contributed by atoms with van der Waals surface area (Å²) in [5.41, 5.74) is 1.01. The number of likely N-dealkylation sites (N-methyl/N-ethyl adjacent to an activating group) is 1. The van der Waals surface area contributed by atoms with E-state index < -0.39 is 52.7 Å². The number of amides is 2. The van der Waals surface area contributed by atoms with E-state index >= 15 is 0 Å². The van der Waals surface area contributed by atoms with Crippen molar-refractivity contribution in [2.75, 3.05) is 30.3 Å². The van der Waals surface area contributed by atoms with E-state index in [2.05, 4.69) is 21.6 Å². The van der Waals surface area contributed by atoms with Crippen molar-refractivity contribution < 1.29 is 31.7 Å². The number of ether oxygens (including phenoxy) is 1. The van der Waals surface area contributed by atoms with Crippen LogP contribution in [-0.4, -0.2) is 74.3 Å². The number of alkyl halides is 2. The molecule has 3 heterocycles. The highest BCUT2D eigenvalue weighted by Crippen LogP contribution is 2.38. The number of carbonyl (C=O) groups excluding carboxylic acids is 2. The summed E-state index contributed by atoms with van der Waals surface area (Å²) in [6.45, 7) is 7.41. The first kappa shape index (κ1) is 32.2. The number of benzene rings is 2. The van der Waals surface area contributed by atoms with Crippen molar-refractivity contribution in [3.05, 3.63) is 59.5 Å². The number of hydrogen-bond donors (Lipinski definition) is 1. The number of likely N-dealkylation sites (tertiary alicyclic amines) is 1. The molecule has 1 saturated heterocycles. The molecular formula is C31H34F2N6O5S. The standard InChI is InChI=1S/C31H34F2N6O5S/c1-5-38-16-22(13-31(32,33)18-38)27-37-36-26(43-27)21-10-11-25-24(12-21)39(15-20-8-6-19(14-34)7-9-20)28(40)23(17-45(25)42)35-29(41)44-30(2,3)4/h6-12,22-23H,5,13,15-18H2,1-4H3,(H,35,41)/t22?,23-,45?/m0/s1. The third kappa shape index (κ3) is 7.54. The third-order valence-corrected chi connectivity index (χ3v) is 8.93. The van der Waals surface area contributed by atoms with Gasteiger partial charge in [0, 0.05) is 18.5 Å². The summed E-state index contributed by atoms with van der Waals surface area (Å²) in [6.07, 6.45) is -1.23. The molecule has 0 aliphatic carbocycles. The van der Waals surface area contributed by atoms with E-state index in [-0.39, 0.29) is 30.6 Å². The van der Waals surface area contributed by atoms with E-state index in [0.717, 1.165) is 0 Å². The van der Waals surface area contributed by atoms with Gasteiger partial charge in [0.05, 0.1) is 57.8 Å². The minimum Gasteiger partial charge on any atom is -0.444 e. The summed E-state index contributed by atoms with van der Waals surface area (Å²) < 4.78 is 53.7. The molecule has 1 fully saturated rings. The Morgan fingerprint density at radius 3 is 2.62 bits per heavy atom. The zero-order chi connectivity index (χ0) is 32.5. The Balaban J connectivity index is 1.50. The average Bonchev–Trinajstić information content (AvgIpc) is 3.45. The van der Waals surface area contributed by atoms with E-state index in [0.29, 0.717) is 40.4 Å². The number of alkyl carbamates (subject to hydrolysis) is 1. The maximum atomic E-state index is 14.4. The minimum atomic E-state index is -2.89. The molecule has 2 aliphatic rings. The van der Waals surface area contributed by atoms with Gasteiger partial charge in [-0.25, -0.2) is 13.6 Å². The van der Waals surface area contributed by atoms with Crippen LogP contribution in [0.1, 0.15) is 57.1 Å². The molecule has 2 aliphatic heterocycles. The van der Waals surface area contributed by atoms with Crippen LogP contribution in [-0.2, 0) is 26.9 Å². The number of nitrogens with one attached hydrogen (secondary N) is 1. The predicted octanol–water partition coefficient (Wildman–Crippen LogP) is 4.60. The highest BCUT2D eigenvalue weighted by atomic mass is 32.2. The second-order valence-electron chi connectivity index (χ2n) is 12.2. The van der Waals surface area contributed by atoms with E-state index in [1.807, 2.05) is 6.92 Å². The molecule has 3 aromatic rings. The summed E-state index contributed by atoms with van der Waals surface area (Å²) in [5.74, 6) is -4.11. The molecule has 2 amide bonds. The lowest BCUT2D eigenvalue weighted by molar-refractivity contribution is -0.120. The topological polar surface area (TPSA) is 142 Å². The van der Waals surface area contributed by atoms with Gasteiger partial charge in [0.2, 0.25) is 11.8 Å². The van der Waals surface area contributed by atoms with E-state index in [1.54, 1.807) is 68.1 Å². The fourth-order valence-electron chi connectivity index (χ4n) is 5.37. The highest BCUT2D eigenvalue weighted by Gasteiger charge is 2.42. The molecule has 14 heteroatoms. The molecule has 45 heavy (non-hydrogen) atoms. The Kier molecular flexibility index (Phi) is 9.04. The van der Waals surface area contributed by atoms with Crippen molar-refractivity contribution in [1.82, 2.24) is 20.4 Å². The second kappa shape index (κ2) is 12.6. The van der Waals surface area contributed by atoms with Crippen molar-refractivity contribution in [1.29, 1.82) is 5.26 Å². The maximum absolute atomic E-state index is 14.4. The van der Waals surface area contributed by atoms with Gasteiger partial charge in [0.25, 0.3) is 11.8 Å². The molecule has 5 rings (SSSR count). The lowest BCUT2D eigenvalue weighted by atomic mass is 9.95. The van der Waals surface area contributed by atoms with Crippen LogP contribution in [0.4, 0.5) is 19.3 Å². The second-order valence-corrected chi connectivity index (χ2v) is 13.6. The maximum Gasteiger partial charge on any atom is 0.408 e. The molecule has 0 spiro atoms. The van der Waals surface area contributed by atoms with Crippen LogP contribution in [0, 0.1) is 11.3 Å². The Hall–Kier alpha value is -4.22. The molecule has 3 atom stereocenters. The molecule has 11 nitrogen and oxygen atoms in total. The molecule has 0 radical (unpaired) electrons. The van der Waals surface area contributed by atoms with Crippen molar-refractivity contribution >= 4 is 28.5 Å². The highest BCUT2D eigenvalue weighted by molar-refractivity contribution is 7.85. The number of halogens is 2. The van der Waals surface area contributed by atoms with Gasteiger partial charge in [-0.05, 0) is 63.2 Å². The van der Waals surface area contributed by atoms with E-state index in [4.69, 9.17) is 9.15 Å². The zero-order valence-corrected chi connectivity index (χ0v) is 26.2. The number of aromatic nitrogens is 2. The van der Waals surface area contributed by atoms with Crippen molar-refractivity contribution in [3.8, 4) is 17.5 Å². The van der Waals surface area contributed by atoms with E-state index in [9.17, 15) is 27.8 Å². The first-order chi connectivity index (χ1) is 21.2. The number of hydrogen-bond acceptors (Lipinski definition) is 9. The fourth-order valence-corrected chi connectivity index (χ4v) is 6.70. The summed E-state index contributed by atoms with van der Waals surface area (Å²) in [5, 5.41) is 20.0. The first-order valence-electron chi connectivity index (χ1n) is 14.5. The quantitative estimate of drug-likeness (QED) is 0.409. The monoisotopic (exact) mass is 640 g/mol. The van der Waals surface area contributed by atoms with Gasteiger partial charge in [-0.15, -0.1) is 10.2 Å². The van der Waals surface area contributed by atoms with Crippen LogP contribution in [0.3, 0.4) is 0 Å². The largest absolute Gasteiger partial charge is 0.444 e. The Morgan fingerprint density at radius 1 is 1.22 bits per heavy atom. The number of fused-ring (bicyclic) bond motifs is 1. The number of rotatable bonds is 6. The molecular weight excluding hydrogens is 606 g/mol. The zero-order valence-electron chi connectivity index (χ0n) is 25.4. The fraction of sp³-hybridized carbons (Fsp3) is 0.452.